The van der Waals surface area contributed by atoms with E-state index in [2.05, 4.69) is 29.5 Å². The molecule has 1 aliphatic rings. The summed E-state index contributed by atoms with van der Waals surface area (Å²) in [7, 11) is 0. The molecule has 1 fully saturated rings. The first-order valence-electron chi connectivity index (χ1n) is 13.0. The summed E-state index contributed by atoms with van der Waals surface area (Å²) >= 11 is 1.64. The minimum Gasteiger partial charge on any atom is -0.474 e. The molecule has 0 spiro atoms. The molecule has 4 aromatic rings. The second-order valence-electron chi connectivity index (χ2n) is 9.97. The van der Waals surface area contributed by atoms with Crippen molar-refractivity contribution in [1.29, 1.82) is 0 Å². The number of fused-ring (bicyclic) bond motifs is 1. The number of amides is 1. The van der Waals surface area contributed by atoms with Crippen molar-refractivity contribution in [3.05, 3.63) is 77.6 Å². The van der Waals surface area contributed by atoms with E-state index < -0.39 is 0 Å². The van der Waals surface area contributed by atoms with Gasteiger partial charge in [-0.1, -0.05) is 12.1 Å². The van der Waals surface area contributed by atoms with Crippen molar-refractivity contribution in [1.82, 2.24) is 25.6 Å². The number of nitrogens with one attached hydrogen (secondary N) is 2. The van der Waals surface area contributed by atoms with E-state index in [4.69, 9.17) is 14.7 Å². The van der Waals surface area contributed by atoms with Gasteiger partial charge in [-0.2, -0.15) is 0 Å². The predicted molar refractivity (Wildman–Crippen MR) is 153 cm³/mol. The number of carbonyl (C=O) groups excluding carboxylic acids is 1. The second kappa shape index (κ2) is 11.5. The molecule has 2 N–H and O–H groups in total. The third kappa shape index (κ3) is 6.14. The van der Waals surface area contributed by atoms with Gasteiger partial charge in [0.25, 0.3) is 5.91 Å². The summed E-state index contributed by atoms with van der Waals surface area (Å²) in [5.41, 5.74) is 4.87. The van der Waals surface area contributed by atoms with Crippen molar-refractivity contribution < 1.29 is 9.53 Å². The van der Waals surface area contributed by atoms with E-state index in [9.17, 15) is 4.79 Å². The van der Waals surface area contributed by atoms with Crippen LogP contribution in [-0.2, 0) is 6.54 Å². The second-order valence-corrected chi connectivity index (χ2v) is 10.8. The van der Waals surface area contributed by atoms with E-state index in [1.165, 1.54) is 0 Å². The summed E-state index contributed by atoms with van der Waals surface area (Å²) in [6.45, 7) is 6.74. The molecule has 196 valence electrons. The zero-order valence-corrected chi connectivity index (χ0v) is 23.0. The Kier molecular flexibility index (Phi) is 7.90. The molecule has 1 aliphatic heterocycles. The number of hydrogen-bond donors (Lipinski definition) is 2. The third-order valence-corrected chi connectivity index (χ3v) is 7.69. The Morgan fingerprint density at radius 3 is 2.63 bits per heavy atom. The number of rotatable bonds is 7. The van der Waals surface area contributed by atoms with E-state index in [0.717, 1.165) is 51.3 Å². The molecule has 0 radical (unpaired) electrons. The Morgan fingerprint density at radius 1 is 1.05 bits per heavy atom. The lowest BCUT2D eigenvalue weighted by atomic mass is 9.98. The smallest absolute Gasteiger partial charge is 0.251 e. The van der Waals surface area contributed by atoms with Crippen LogP contribution in [0.1, 0.15) is 48.3 Å². The van der Waals surface area contributed by atoms with Gasteiger partial charge in [-0.3, -0.25) is 9.78 Å². The fourth-order valence-corrected chi connectivity index (χ4v) is 5.56. The van der Waals surface area contributed by atoms with Crippen LogP contribution in [-0.4, -0.2) is 45.3 Å². The van der Waals surface area contributed by atoms with Crippen LogP contribution in [0, 0.1) is 6.92 Å². The number of piperidine rings is 1. The van der Waals surface area contributed by atoms with Crippen LogP contribution in [0.5, 0.6) is 5.88 Å². The minimum atomic E-state index is -0.123. The highest BCUT2D eigenvalue weighted by Crippen LogP contribution is 2.25. The molecule has 4 heterocycles. The number of carbonyl (C=O) groups is 1. The zero-order valence-electron chi connectivity index (χ0n) is 22.2. The van der Waals surface area contributed by atoms with E-state index in [1.54, 1.807) is 18.0 Å². The van der Waals surface area contributed by atoms with Crippen LogP contribution in [0.4, 0.5) is 0 Å². The van der Waals surface area contributed by atoms with Gasteiger partial charge in [-0.05, 0) is 81.8 Å². The molecule has 38 heavy (non-hydrogen) atoms. The molecule has 0 aliphatic carbocycles. The summed E-state index contributed by atoms with van der Waals surface area (Å²) in [5.74, 6) is 0.497. The van der Waals surface area contributed by atoms with Crippen molar-refractivity contribution in [3.63, 3.8) is 0 Å². The van der Waals surface area contributed by atoms with Gasteiger partial charge in [-0.25, -0.2) is 9.97 Å². The van der Waals surface area contributed by atoms with Gasteiger partial charge in [-0.15, -0.1) is 11.8 Å². The van der Waals surface area contributed by atoms with Crippen molar-refractivity contribution in [3.8, 4) is 17.3 Å². The monoisotopic (exact) mass is 527 g/mol. The normalized spacial score (nSPS) is 19.3. The van der Waals surface area contributed by atoms with Gasteiger partial charge in [0.05, 0.1) is 29.1 Å². The summed E-state index contributed by atoms with van der Waals surface area (Å²) < 4.78 is 6.25. The maximum Gasteiger partial charge on any atom is 0.251 e. The van der Waals surface area contributed by atoms with Crippen LogP contribution in [0.15, 0.2) is 65.7 Å². The van der Waals surface area contributed by atoms with Gasteiger partial charge >= 0.3 is 0 Å². The van der Waals surface area contributed by atoms with Crippen LogP contribution in [0.2, 0.25) is 0 Å². The molecular weight excluding hydrogens is 494 g/mol. The average molecular weight is 528 g/mol. The number of benzene rings is 1. The summed E-state index contributed by atoms with van der Waals surface area (Å²) in [6.07, 6.45) is 5.86. The highest BCUT2D eigenvalue weighted by Gasteiger charge is 2.25. The number of aryl methyl sites for hydroxylation is 1. The number of pyridine rings is 3. The SMILES string of the molecule is CSc1cc(C(=O)NCc2cc3nc(-c4cccc(OC5CC(C)NC(C)C5)n4)ccc3cn2)ccc1C. The highest BCUT2D eigenvalue weighted by molar-refractivity contribution is 7.98. The molecule has 8 heteroatoms. The Bertz CT molecular complexity index is 1450. The molecule has 1 saturated heterocycles. The zero-order chi connectivity index (χ0) is 26.6. The summed E-state index contributed by atoms with van der Waals surface area (Å²) in [6, 6.07) is 18.3. The molecule has 2 atom stereocenters. The van der Waals surface area contributed by atoms with Crippen LogP contribution < -0.4 is 15.4 Å². The molecule has 1 amide bonds. The fraction of sp³-hybridized carbons (Fsp3) is 0.333. The molecule has 5 rings (SSSR count). The van der Waals surface area contributed by atoms with Crippen LogP contribution >= 0.6 is 11.8 Å². The first kappa shape index (κ1) is 26.1. The predicted octanol–water partition coefficient (Wildman–Crippen LogP) is 5.56. The van der Waals surface area contributed by atoms with Gasteiger partial charge < -0.3 is 15.4 Å². The lowest BCUT2D eigenvalue weighted by molar-refractivity contribution is 0.0950. The summed E-state index contributed by atoms with van der Waals surface area (Å²) in [4.78, 5) is 27.9. The number of nitrogens with zero attached hydrogens (tertiary/aromatic N) is 3. The fourth-order valence-electron chi connectivity index (χ4n) is 4.93. The molecule has 3 aromatic heterocycles. The topological polar surface area (TPSA) is 89.0 Å². The Balaban J connectivity index is 1.30. The molecule has 2 unspecified atom stereocenters. The Hall–Kier alpha value is -3.49. The third-order valence-electron chi connectivity index (χ3n) is 6.81. The van der Waals surface area contributed by atoms with Gasteiger partial charge in [0.2, 0.25) is 5.88 Å². The molecule has 0 saturated carbocycles. The Labute approximate surface area is 227 Å². The van der Waals surface area contributed by atoms with Gasteiger partial charge in [0.1, 0.15) is 6.10 Å². The van der Waals surface area contributed by atoms with Crippen LogP contribution in [0.3, 0.4) is 0 Å². The molecular formula is C30H33N5O2S. The van der Waals surface area contributed by atoms with Crippen molar-refractivity contribution >= 4 is 28.6 Å². The highest BCUT2D eigenvalue weighted by atomic mass is 32.2. The average Bonchev–Trinajstić information content (AvgIpc) is 2.91. The molecule has 7 nitrogen and oxygen atoms in total. The van der Waals surface area contributed by atoms with Gasteiger partial charge in [0, 0.05) is 40.2 Å². The van der Waals surface area contributed by atoms with E-state index in [0.29, 0.717) is 30.1 Å². The van der Waals surface area contributed by atoms with Crippen molar-refractivity contribution in [2.45, 2.75) is 63.2 Å². The molecule has 0 bridgehead atoms. The van der Waals surface area contributed by atoms with E-state index >= 15 is 0 Å². The minimum absolute atomic E-state index is 0.123. The number of ether oxygens (including phenoxy) is 1. The lowest BCUT2D eigenvalue weighted by Gasteiger charge is -2.32. The number of thioether (sulfide) groups is 1. The number of aromatic nitrogens is 3. The van der Waals surface area contributed by atoms with Crippen molar-refractivity contribution in [2.75, 3.05) is 6.26 Å². The lowest BCUT2D eigenvalue weighted by Crippen LogP contribution is -2.46. The maximum absolute atomic E-state index is 12.7. The van der Waals surface area contributed by atoms with E-state index in [1.807, 2.05) is 67.8 Å². The van der Waals surface area contributed by atoms with E-state index in [-0.39, 0.29) is 12.0 Å². The maximum atomic E-state index is 12.7. The van der Waals surface area contributed by atoms with Gasteiger partial charge in [0.15, 0.2) is 0 Å². The van der Waals surface area contributed by atoms with Crippen LogP contribution in [0.25, 0.3) is 22.3 Å². The Morgan fingerprint density at radius 2 is 1.84 bits per heavy atom. The standard InChI is InChI=1S/C30H33N5O2S/c1-18-8-9-21(14-28(18)38-4)30(36)32-17-23-15-27-22(16-31-23)10-11-26(34-27)25-6-5-7-29(35-25)37-24-12-19(2)33-20(3)13-24/h5-11,14-16,19-20,24,33H,12-13,17H2,1-4H3,(H,32,36). The largest absolute Gasteiger partial charge is 0.474 e. The first-order chi connectivity index (χ1) is 18.4. The van der Waals surface area contributed by atoms with Crippen molar-refractivity contribution in [2.24, 2.45) is 0 Å². The number of hydrogen-bond acceptors (Lipinski definition) is 7. The quantitative estimate of drug-likeness (QED) is 0.304. The molecule has 1 aromatic carbocycles. The summed E-state index contributed by atoms with van der Waals surface area (Å²) in [5, 5.41) is 7.45. The first-order valence-corrected chi connectivity index (χ1v) is 14.2.